The molecule has 0 bridgehead atoms. The number of hydrogen-bond donors (Lipinski definition) is 1. The largest absolute Gasteiger partial charge is 0.477 e. The van der Waals surface area contributed by atoms with Crippen molar-refractivity contribution in [3.05, 3.63) is 44.7 Å². The van der Waals surface area contributed by atoms with Crippen LogP contribution in [-0.4, -0.2) is 15.6 Å². The highest BCUT2D eigenvalue weighted by atomic mass is 19.2. The number of aromatic nitrogens is 1. The molecule has 0 amide bonds. The third-order valence-corrected chi connectivity index (χ3v) is 3.76. The van der Waals surface area contributed by atoms with E-state index in [4.69, 9.17) is 5.11 Å². The van der Waals surface area contributed by atoms with E-state index in [1.54, 1.807) is 0 Å². The van der Waals surface area contributed by atoms with Gasteiger partial charge in [0.05, 0.1) is 10.9 Å². The summed E-state index contributed by atoms with van der Waals surface area (Å²) in [5.41, 5.74) is -3.65. The summed E-state index contributed by atoms with van der Waals surface area (Å²) >= 11 is 0. The number of carbonyl (C=O) groups is 1. The summed E-state index contributed by atoms with van der Waals surface area (Å²) in [6.07, 6.45) is 0.933. The third-order valence-electron chi connectivity index (χ3n) is 3.76. The van der Waals surface area contributed by atoms with Crippen molar-refractivity contribution < 1.29 is 27.5 Å². The Kier molecular flexibility index (Phi) is 3.01. The van der Waals surface area contributed by atoms with Gasteiger partial charge in [0.1, 0.15) is 0 Å². The second-order valence-electron chi connectivity index (χ2n) is 5.19. The van der Waals surface area contributed by atoms with Crippen LogP contribution in [0, 0.1) is 30.3 Å². The first-order valence-corrected chi connectivity index (χ1v) is 6.41. The normalized spacial score (nSPS) is 14.6. The highest BCUT2D eigenvalue weighted by Crippen LogP contribution is 2.40. The van der Waals surface area contributed by atoms with E-state index in [2.05, 4.69) is 0 Å². The molecule has 1 saturated carbocycles. The van der Waals surface area contributed by atoms with Gasteiger partial charge in [-0.2, -0.15) is 4.39 Å². The lowest BCUT2D eigenvalue weighted by Gasteiger charge is -2.16. The zero-order valence-electron chi connectivity index (χ0n) is 11.2. The van der Waals surface area contributed by atoms with Crippen LogP contribution in [0.25, 0.3) is 10.9 Å². The van der Waals surface area contributed by atoms with E-state index < -0.39 is 62.9 Å². The standard InChI is InChI=1S/C14H9F4NO3/c1-4-8(15)10(17)9(16)6-11(4)19(5-2-3-5)13(18)7(12(6)20)14(21)22/h5H,2-3H2,1H3,(H,21,22). The van der Waals surface area contributed by atoms with Crippen LogP contribution >= 0.6 is 0 Å². The Morgan fingerprint density at radius 1 is 1.14 bits per heavy atom. The molecule has 1 aliphatic rings. The Morgan fingerprint density at radius 2 is 1.73 bits per heavy atom. The highest BCUT2D eigenvalue weighted by Gasteiger charge is 2.35. The summed E-state index contributed by atoms with van der Waals surface area (Å²) in [7, 11) is 0. The molecule has 116 valence electrons. The molecular weight excluding hydrogens is 306 g/mol. The molecule has 1 N–H and O–H groups in total. The van der Waals surface area contributed by atoms with Crippen LogP contribution in [0.5, 0.6) is 0 Å². The molecule has 0 radical (unpaired) electrons. The lowest BCUT2D eigenvalue weighted by Crippen LogP contribution is -2.25. The Balaban J connectivity index is 2.66. The molecule has 0 atom stereocenters. The number of aryl methyl sites for hydroxylation is 1. The van der Waals surface area contributed by atoms with Gasteiger partial charge in [-0.3, -0.25) is 4.79 Å². The number of hydrogen-bond acceptors (Lipinski definition) is 2. The predicted molar refractivity (Wildman–Crippen MR) is 68.0 cm³/mol. The second-order valence-corrected chi connectivity index (χ2v) is 5.19. The molecule has 1 heterocycles. The van der Waals surface area contributed by atoms with Crippen molar-refractivity contribution in [2.45, 2.75) is 25.8 Å². The molecule has 3 rings (SSSR count). The molecule has 22 heavy (non-hydrogen) atoms. The molecule has 1 aromatic carbocycles. The Bertz CT molecular complexity index is 900. The summed E-state index contributed by atoms with van der Waals surface area (Å²) in [5.74, 6) is -8.48. The number of carboxylic acid groups (broad SMARTS) is 1. The van der Waals surface area contributed by atoms with Gasteiger partial charge < -0.3 is 9.67 Å². The quantitative estimate of drug-likeness (QED) is 0.527. The van der Waals surface area contributed by atoms with Crippen molar-refractivity contribution >= 4 is 16.9 Å². The van der Waals surface area contributed by atoms with Crippen molar-refractivity contribution in [3.63, 3.8) is 0 Å². The minimum absolute atomic E-state index is 0.436. The third kappa shape index (κ3) is 1.76. The smallest absolute Gasteiger partial charge is 0.344 e. The van der Waals surface area contributed by atoms with Crippen molar-refractivity contribution in [2.24, 2.45) is 0 Å². The van der Waals surface area contributed by atoms with E-state index in [1.165, 1.54) is 0 Å². The molecular formula is C14H9F4NO3. The molecule has 4 nitrogen and oxygen atoms in total. The molecule has 0 saturated heterocycles. The summed E-state index contributed by atoms with van der Waals surface area (Å²) in [4.78, 5) is 23.1. The van der Waals surface area contributed by atoms with Crippen LogP contribution < -0.4 is 5.43 Å². The molecule has 1 aromatic heterocycles. The number of fused-ring (bicyclic) bond motifs is 1. The predicted octanol–water partition coefficient (Wildman–Crippen LogP) is 2.90. The number of pyridine rings is 1. The van der Waals surface area contributed by atoms with Crippen molar-refractivity contribution in [1.82, 2.24) is 4.57 Å². The fraction of sp³-hybridized carbons (Fsp3) is 0.286. The van der Waals surface area contributed by atoms with Crippen molar-refractivity contribution in [3.8, 4) is 0 Å². The number of carboxylic acids is 1. The van der Waals surface area contributed by atoms with Gasteiger partial charge in [0.2, 0.25) is 11.4 Å². The fourth-order valence-electron chi connectivity index (χ4n) is 2.57. The molecule has 8 heteroatoms. The topological polar surface area (TPSA) is 59.3 Å². The zero-order valence-corrected chi connectivity index (χ0v) is 11.2. The van der Waals surface area contributed by atoms with Gasteiger partial charge in [0.15, 0.2) is 23.0 Å². The number of halogens is 4. The maximum Gasteiger partial charge on any atom is 0.344 e. The zero-order chi connectivity index (χ0) is 16.3. The maximum atomic E-state index is 14.4. The maximum absolute atomic E-state index is 14.4. The first-order valence-electron chi connectivity index (χ1n) is 6.41. The Morgan fingerprint density at radius 3 is 2.23 bits per heavy atom. The number of aromatic carboxylic acids is 1. The van der Waals surface area contributed by atoms with Crippen molar-refractivity contribution in [1.29, 1.82) is 0 Å². The second kappa shape index (κ2) is 4.56. The van der Waals surface area contributed by atoms with E-state index in [0.29, 0.717) is 12.8 Å². The SMILES string of the molecule is Cc1c(F)c(F)c(F)c2c(=O)c(C(=O)O)c(F)n(C3CC3)c12. The average molecular weight is 315 g/mol. The van der Waals surface area contributed by atoms with Crippen LogP contribution in [-0.2, 0) is 0 Å². The van der Waals surface area contributed by atoms with E-state index >= 15 is 0 Å². The van der Waals surface area contributed by atoms with Gasteiger partial charge in [-0.1, -0.05) is 0 Å². The van der Waals surface area contributed by atoms with E-state index in [-0.39, 0.29) is 0 Å². The average Bonchev–Trinajstić information content (AvgIpc) is 3.26. The summed E-state index contributed by atoms with van der Waals surface area (Å²) in [5, 5.41) is 8.03. The van der Waals surface area contributed by atoms with Gasteiger partial charge in [-0.15, -0.1) is 0 Å². The van der Waals surface area contributed by atoms with Gasteiger partial charge >= 0.3 is 5.97 Å². The molecule has 0 aliphatic heterocycles. The lowest BCUT2D eigenvalue weighted by atomic mass is 10.0. The summed E-state index contributed by atoms with van der Waals surface area (Å²) in [6.45, 7) is 1.08. The summed E-state index contributed by atoms with van der Waals surface area (Å²) < 4.78 is 56.4. The number of benzene rings is 1. The van der Waals surface area contributed by atoms with Crippen LogP contribution in [0.2, 0.25) is 0 Å². The van der Waals surface area contributed by atoms with Crippen LogP contribution in [0.4, 0.5) is 17.6 Å². The molecule has 0 spiro atoms. The fourth-order valence-corrected chi connectivity index (χ4v) is 2.57. The van der Waals surface area contributed by atoms with E-state index in [1.807, 2.05) is 0 Å². The van der Waals surface area contributed by atoms with Crippen molar-refractivity contribution in [2.75, 3.05) is 0 Å². The van der Waals surface area contributed by atoms with Gasteiger partial charge in [0, 0.05) is 11.6 Å². The summed E-state index contributed by atoms with van der Waals surface area (Å²) in [6, 6.07) is -0.510. The lowest BCUT2D eigenvalue weighted by molar-refractivity contribution is 0.0688. The molecule has 2 aromatic rings. The van der Waals surface area contributed by atoms with Gasteiger partial charge in [-0.25, -0.2) is 18.0 Å². The van der Waals surface area contributed by atoms with Gasteiger partial charge in [-0.05, 0) is 19.8 Å². The Labute approximate surface area is 120 Å². The van der Waals surface area contributed by atoms with Crippen LogP contribution in [0.1, 0.15) is 34.8 Å². The van der Waals surface area contributed by atoms with E-state index in [9.17, 15) is 27.2 Å². The number of rotatable bonds is 2. The van der Waals surface area contributed by atoms with Gasteiger partial charge in [0.25, 0.3) is 0 Å². The van der Waals surface area contributed by atoms with E-state index in [0.717, 1.165) is 11.5 Å². The minimum atomic E-state index is -1.89. The minimum Gasteiger partial charge on any atom is -0.477 e. The molecule has 1 aliphatic carbocycles. The monoisotopic (exact) mass is 315 g/mol. The first-order chi connectivity index (χ1) is 10.3. The molecule has 1 fully saturated rings. The Hall–Kier alpha value is -2.38. The van der Waals surface area contributed by atoms with Crippen LogP contribution in [0.3, 0.4) is 0 Å². The first kappa shape index (κ1) is 14.6. The molecule has 0 unspecified atom stereocenters. The van der Waals surface area contributed by atoms with Crippen LogP contribution in [0.15, 0.2) is 4.79 Å². The number of nitrogens with zero attached hydrogens (tertiary/aromatic N) is 1. The highest BCUT2D eigenvalue weighted by molar-refractivity contribution is 5.94.